The van der Waals surface area contributed by atoms with Crippen LogP contribution in [0.2, 0.25) is 0 Å². The number of nitrogens with one attached hydrogen (secondary N) is 1. The Bertz CT molecular complexity index is 948. The van der Waals surface area contributed by atoms with Crippen LogP contribution in [0.15, 0.2) is 60.1 Å². The third kappa shape index (κ3) is 3.94. The van der Waals surface area contributed by atoms with Crippen LogP contribution in [-0.2, 0) is 16.1 Å². The van der Waals surface area contributed by atoms with Gasteiger partial charge < -0.3 is 9.30 Å². The molecule has 7 nitrogen and oxygen atoms in total. The highest BCUT2D eigenvalue weighted by Gasteiger charge is 2.10. The van der Waals surface area contributed by atoms with Crippen molar-refractivity contribution in [2.75, 3.05) is 6.61 Å². The number of pyridine rings is 1. The average molecular weight is 350 g/mol. The van der Waals surface area contributed by atoms with Crippen LogP contribution in [0.3, 0.4) is 0 Å². The molecular formula is C19H18N4O3. The Morgan fingerprint density at radius 1 is 1.23 bits per heavy atom. The highest BCUT2D eigenvalue weighted by molar-refractivity contribution is 6.00. The standard InChI is InChI=1S/C19H18N4O3/c1-2-26-18(24)13-23-12-15(16-5-3-4-6-17(16)23)11-21-22-19(25)14-7-9-20-10-8-14/h3-12H,2,13H2,1H3,(H,22,25)/b21-11+. The fourth-order valence-electron chi connectivity index (χ4n) is 2.58. The van der Waals surface area contributed by atoms with E-state index >= 15 is 0 Å². The van der Waals surface area contributed by atoms with E-state index in [1.165, 1.54) is 0 Å². The van der Waals surface area contributed by atoms with Gasteiger partial charge in [0, 0.05) is 40.6 Å². The molecule has 0 saturated carbocycles. The first-order chi connectivity index (χ1) is 12.7. The Kier molecular flexibility index (Phi) is 5.38. The molecule has 0 fully saturated rings. The number of carbonyl (C=O) groups is 2. The number of hydrogen-bond donors (Lipinski definition) is 1. The highest BCUT2D eigenvalue weighted by atomic mass is 16.5. The minimum atomic E-state index is -0.320. The third-order valence-corrected chi connectivity index (χ3v) is 3.74. The molecule has 0 aliphatic rings. The molecule has 7 heteroatoms. The molecule has 0 unspecified atom stereocenters. The summed E-state index contributed by atoms with van der Waals surface area (Å²) in [5, 5.41) is 4.95. The van der Waals surface area contributed by atoms with Gasteiger partial charge in [-0.25, -0.2) is 5.43 Å². The predicted octanol–water partition coefficient (Wildman–Crippen LogP) is 2.36. The fraction of sp³-hybridized carbons (Fsp3) is 0.158. The number of amides is 1. The summed E-state index contributed by atoms with van der Waals surface area (Å²) in [6.45, 7) is 2.23. The molecule has 0 spiro atoms. The normalized spacial score (nSPS) is 11.0. The first-order valence-electron chi connectivity index (χ1n) is 8.16. The lowest BCUT2D eigenvalue weighted by atomic mass is 10.2. The molecule has 0 atom stereocenters. The summed E-state index contributed by atoms with van der Waals surface area (Å²) in [6, 6.07) is 10.9. The molecule has 0 bridgehead atoms. The minimum absolute atomic E-state index is 0.117. The van der Waals surface area contributed by atoms with Crippen molar-refractivity contribution in [2.45, 2.75) is 13.5 Å². The maximum Gasteiger partial charge on any atom is 0.325 e. The maximum absolute atomic E-state index is 12.0. The van der Waals surface area contributed by atoms with Gasteiger partial charge >= 0.3 is 5.97 Å². The molecule has 2 aromatic heterocycles. The van der Waals surface area contributed by atoms with Crippen LogP contribution in [0.25, 0.3) is 10.9 Å². The van der Waals surface area contributed by atoms with Gasteiger partial charge in [0.15, 0.2) is 0 Å². The average Bonchev–Trinajstić information content (AvgIpc) is 3.00. The van der Waals surface area contributed by atoms with Crippen LogP contribution in [0.4, 0.5) is 0 Å². The zero-order chi connectivity index (χ0) is 18.4. The van der Waals surface area contributed by atoms with Crippen molar-refractivity contribution in [1.82, 2.24) is 15.0 Å². The van der Waals surface area contributed by atoms with E-state index in [2.05, 4.69) is 15.5 Å². The number of aromatic nitrogens is 2. The number of hydrogen-bond acceptors (Lipinski definition) is 5. The number of esters is 1. The zero-order valence-corrected chi connectivity index (χ0v) is 14.3. The lowest BCUT2D eigenvalue weighted by Gasteiger charge is -2.04. The number of ether oxygens (including phenoxy) is 1. The van der Waals surface area contributed by atoms with E-state index in [1.54, 1.807) is 42.2 Å². The Morgan fingerprint density at radius 3 is 2.77 bits per heavy atom. The second-order valence-electron chi connectivity index (χ2n) is 5.47. The van der Waals surface area contributed by atoms with Gasteiger partial charge in [0.2, 0.25) is 0 Å². The molecule has 26 heavy (non-hydrogen) atoms. The molecule has 0 saturated heterocycles. The van der Waals surface area contributed by atoms with Gasteiger partial charge in [0.05, 0.1) is 12.8 Å². The Morgan fingerprint density at radius 2 is 2.00 bits per heavy atom. The van der Waals surface area contributed by atoms with E-state index in [0.717, 1.165) is 16.5 Å². The van der Waals surface area contributed by atoms with Crippen LogP contribution >= 0.6 is 0 Å². The van der Waals surface area contributed by atoms with Crippen LogP contribution in [-0.4, -0.2) is 34.2 Å². The van der Waals surface area contributed by atoms with Crippen molar-refractivity contribution in [2.24, 2.45) is 5.10 Å². The molecule has 3 rings (SSSR count). The van der Waals surface area contributed by atoms with Gasteiger partial charge in [-0.2, -0.15) is 5.10 Å². The summed E-state index contributed by atoms with van der Waals surface area (Å²) in [7, 11) is 0. The second-order valence-corrected chi connectivity index (χ2v) is 5.47. The van der Waals surface area contributed by atoms with E-state index < -0.39 is 0 Å². The summed E-state index contributed by atoms with van der Waals surface area (Å²) in [5.41, 5.74) is 4.64. The zero-order valence-electron chi connectivity index (χ0n) is 14.3. The molecule has 1 aromatic carbocycles. The molecule has 0 aliphatic heterocycles. The van der Waals surface area contributed by atoms with Gasteiger partial charge in [-0.15, -0.1) is 0 Å². The highest BCUT2D eigenvalue weighted by Crippen LogP contribution is 2.20. The van der Waals surface area contributed by atoms with E-state index in [0.29, 0.717) is 12.2 Å². The maximum atomic E-state index is 12.0. The molecule has 2 heterocycles. The van der Waals surface area contributed by atoms with Crippen LogP contribution < -0.4 is 5.43 Å². The molecule has 0 aliphatic carbocycles. The van der Waals surface area contributed by atoms with Crippen molar-refractivity contribution < 1.29 is 14.3 Å². The number of carbonyl (C=O) groups excluding carboxylic acids is 2. The molecule has 3 aromatic rings. The first-order valence-corrected chi connectivity index (χ1v) is 8.16. The van der Waals surface area contributed by atoms with Gasteiger partial charge in [-0.1, -0.05) is 18.2 Å². The van der Waals surface area contributed by atoms with Crippen molar-refractivity contribution in [1.29, 1.82) is 0 Å². The largest absolute Gasteiger partial charge is 0.465 e. The number of hydrazone groups is 1. The summed E-state index contributed by atoms with van der Waals surface area (Å²) in [6.07, 6.45) is 6.45. The van der Waals surface area contributed by atoms with Crippen molar-refractivity contribution >= 4 is 29.0 Å². The number of benzene rings is 1. The van der Waals surface area contributed by atoms with Crippen molar-refractivity contribution in [3.8, 4) is 0 Å². The van der Waals surface area contributed by atoms with Crippen LogP contribution in [0, 0.1) is 0 Å². The lowest BCUT2D eigenvalue weighted by Crippen LogP contribution is -2.17. The number of para-hydroxylation sites is 1. The third-order valence-electron chi connectivity index (χ3n) is 3.74. The Balaban J connectivity index is 1.79. The summed E-state index contributed by atoms with van der Waals surface area (Å²) < 4.78 is 6.81. The summed E-state index contributed by atoms with van der Waals surface area (Å²) in [5.74, 6) is -0.623. The number of rotatable bonds is 6. The van der Waals surface area contributed by atoms with E-state index in [1.807, 2.05) is 30.5 Å². The molecular weight excluding hydrogens is 332 g/mol. The van der Waals surface area contributed by atoms with E-state index in [-0.39, 0.29) is 18.4 Å². The predicted molar refractivity (Wildman–Crippen MR) is 97.9 cm³/mol. The van der Waals surface area contributed by atoms with Gasteiger partial charge in [0.1, 0.15) is 6.54 Å². The first kappa shape index (κ1) is 17.3. The summed E-state index contributed by atoms with van der Waals surface area (Å²) in [4.78, 5) is 27.7. The molecule has 1 N–H and O–H groups in total. The topological polar surface area (TPSA) is 85.6 Å². The quantitative estimate of drug-likeness (QED) is 0.420. The van der Waals surface area contributed by atoms with Crippen molar-refractivity contribution in [3.05, 3.63) is 66.1 Å². The SMILES string of the molecule is CCOC(=O)Cn1cc(/C=N/NC(=O)c2ccncc2)c2ccccc21. The van der Waals surface area contributed by atoms with Gasteiger partial charge in [-0.3, -0.25) is 14.6 Å². The second kappa shape index (κ2) is 8.06. The monoisotopic (exact) mass is 350 g/mol. The minimum Gasteiger partial charge on any atom is -0.465 e. The van der Waals surface area contributed by atoms with Gasteiger partial charge in [0.25, 0.3) is 5.91 Å². The summed E-state index contributed by atoms with van der Waals surface area (Å²) >= 11 is 0. The molecule has 132 valence electrons. The van der Waals surface area contributed by atoms with Crippen molar-refractivity contribution in [3.63, 3.8) is 0 Å². The smallest absolute Gasteiger partial charge is 0.325 e. The molecule has 1 amide bonds. The number of fused-ring (bicyclic) bond motifs is 1. The fourth-order valence-corrected chi connectivity index (χ4v) is 2.58. The van der Waals surface area contributed by atoms with Crippen LogP contribution in [0.1, 0.15) is 22.8 Å². The van der Waals surface area contributed by atoms with Crippen LogP contribution in [0.5, 0.6) is 0 Å². The Hall–Kier alpha value is -3.48. The van der Waals surface area contributed by atoms with E-state index in [4.69, 9.17) is 4.74 Å². The number of nitrogens with zero attached hydrogens (tertiary/aromatic N) is 3. The van der Waals surface area contributed by atoms with Gasteiger partial charge in [-0.05, 0) is 25.1 Å². The van der Waals surface area contributed by atoms with E-state index in [9.17, 15) is 9.59 Å². The Labute approximate surface area is 150 Å². The lowest BCUT2D eigenvalue weighted by molar-refractivity contribution is -0.143. The molecule has 0 radical (unpaired) electrons.